The Balaban J connectivity index is 2.04. The van der Waals surface area contributed by atoms with Gasteiger partial charge in [-0.15, -0.1) is 0 Å². The number of anilines is 1. The van der Waals surface area contributed by atoms with Crippen LogP contribution in [0.2, 0.25) is 0 Å². The first-order valence-corrected chi connectivity index (χ1v) is 5.87. The van der Waals surface area contributed by atoms with Gasteiger partial charge in [0.1, 0.15) is 0 Å². The number of hydrogen-bond donors (Lipinski definition) is 1. The van der Waals surface area contributed by atoms with Gasteiger partial charge in [-0.3, -0.25) is 0 Å². The highest BCUT2D eigenvalue weighted by Gasteiger charge is 2.35. The van der Waals surface area contributed by atoms with Gasteiger partial charge < -0.3 is 10.6 Å². The molecule has 1 aromatic carbocycles. The Morgan fingerprint density at radius 2 is 2.20 bits per heavy atom. The van der Waals surface area contributed by atoms with E-state index in [4.69, 9.17) is 5.73 Å². The van der Waals surface area contributed by atoms with Crippen LogP contribution in [0.25, 0.3) is 0 Å². The monoisotopic (exact) mass is 202 g/mol. The van der Waals surface area contributed by atoms with Crippen molar-refractivity contribution in [1.29, 1.82) is 0 Å². The van der Waals surface area contributed by atoms with Gasteiger partial charge in [-0.25, -0.2) is 0 Å². The van der Waals surface area contributed by atoms with E-state index in [1.807, 2.05) is 0 Å². The van der Waals surface area contributed by atoms with Gasteiger partial charge in [-0.05, 0) is 43.4 Å². The van der Waals surface area contributed by atoms with E-state index in [0.29, 0.717) is 12.1 Å². The number of nitrogens with two attached hydrogens (primary N) is 1. The number of rotatable bonds is 0. The van der Waals surface area contributed by atoms with Gasteiger partial charge in [0.15, 0.2) is 0 Å². The average Bonchev–Trinajstić information content (AvgIpc) is 2.61. The fraction of sp³-hybridized carbons (Fsp3) is 0.538. The SMILES string of the molecule is Cc1ccc2c(c1)N1CCC(N)C1CC2. The molecule has 0 bridgehead atoms. The third kappa shape index (κ3) is 1.36. The van der Waals surface area contributed by atoms with Gasteiger partial charge in [0.25, 0.3) is 0 Å². The van der Waals surface area contributed by atoms with Crippen molar-refractivity contribution in [2.45, 2.75) is 38.3 Å². The number of nitrogens with zero attached hydrogens (tertiary/aromatic N) is 1. The van der Waals surface area contributed by atoms with Crippen molar-refractivity contribution < 1.29 is 0 Å². The number of aryl methyl sites for hydroxylation is 2. The van der Waals surface area contributed by atoms with Crippen molar-refractivity contribution in [3.63, 3.8) is 0 Å². The Kier molecular flexibility index (Phi) is 1.99. The lowest BCUT2D eigenvalue weighted by Gasteiger charge is -2.35. The second kappa shape index (κ2) is 3.24. The van der Waals surface area contributed by atoms with E-state index < -0.39 is 0 Å². The molecule has 3 rings (SSSR count). The predicted molar refractivity (Wildman–Crippen MR) is 63.2 cm³/mol. The molecule has 2 atom stereocenters. The molecular weight excluding hydrogens is 184 g/mol. The van der Waals surface area contributed by atoms with Crippen molar-refractivity contribution in [3.8, 4) is 0 Å². The van der Waals surface area contributed by atoms with E-state index in [0.717, 1.165) is 13.0 Å². The Bertz CT molecular complexity index is 386. The minimum absolute atomic E-state index is 0.388. The van der Waals surface area contributed by atoms with Gasteiger partial charge in [0.05, 0.1) is 0 Å². The number of benzene rings is 1. The normalized spacial score (nSPS) is 28.8. The van der Waals surface area contributed by atoms with E-state index in [9.17, 15) is 0 Å². The molecule has 2 heterocycles. The topological polar surface area (TPSA) is 29.3 Å². The minimum Gasteiger partial charge on any atom is -0.367 e. The molecule has 2 nitrogen and oxygen atoms in total. The molecule has 1 saturated heterocycles. The molecule has 2 aliphatic rings. The van der Waals surface area contributed by atoms with Crippen molar-refractivity contribution in [2.24, 2.45) is 5.73 Å². The molecule has 0 saturated carbocycles. The molecule has 0 amide bonds. The van der Waals surface area contributed by atoms with Crippen LogP contribution in [-0.4, -0.2) is 18.6 Å². The molecule has 0 spiro atoms. The van der Waals surface area contributed by atoms with Crippen molar-refractivity contribution in [1.82, 2.24) is 0 Å². The summed E-state index contributed by atoms with van der Waals surface area (Å²) < 4.78 is 0. The first-order valence-electron chi connectivity index (χ1n) is 5.87. The standard InChI is InChI=1S/C13H18N2/c1-9-2-3-10-4-5-12-11(14)6-7-15(12)13(10)8-9/h2-3,8,11-12H,4-7,14H2,1H3. The predicted octanol–water partition coefficient (Wildman–Crippen LogP) is 1.85. The van der Waals surface area contributed by atoms with Crippen molar-refractivity contribution >= 4 is 5.69 Å². The third-order valence-electron chi connectivity index (χ3n) is 3.86. The van der Waals surface area contributed by atoms with Gasteiger partial charge >= 0.3 is 0 Å². The van der Waals surface area contributed by atoms with E-state index in [1.165, 1.54) is 29.7 Å². The summed E-state index contributed by atoms with van der Waals surface area (Å²) in [5, 5.41) is 0. The first kappa shape index (κ1) is 9.22. The van der Waals surface area contributed by atoms with Crippen molar-refractivity contribution in [2.75, 3.05) is 11.4 Å². The third-order valence-corrected chi connectivity index (χ3v) is 3.86. The molecule has 80 valence electrons. The smallest absolute Gasteiger partial charge is 0.0445 e. The van der Waals surface area contributed by atoms with Crippen LogP contribution in [0.15, 0.2) is 18.2 Å². The molecular formula is C13H18N2. The maximum Gasteiger partial charge on any atom is 0.0445 e. The number of hydrogen-bond acceptors (Lipinski definition) is 2. The fourth-order valence-electron chi connectivity index (χ4n) is 3.00. The zero-order chi connectivity index (χ0) is 10.4. The highest BCUT2D eigenvalue weighted by Crippen LogP contribution is 2.36. The van der Waals surface area contributed by atoms with E-state index >= 15 is 0 Å². The van der Waals surface area contributed by atoms with Gasteiger partial charge in [-0.2, -0.15) is 0 Å². The average molecular weight is 202 g/mol. The second-order valence-electron chi connectivity index (χ2n) is 4.88. The zero-order valence-corrected chi connectivity index (χ0v) is 9.24. The Hall–Kier alpha value is -1.02. The summed E-state index contributed by atoms with van der Waals surface area (Å²) in [6, 6.07) is 7.80. The molecule has 2 N–H and O–H groups in total. The largest absolute Gasteiger partial charge is 0.367 e. The lowest BCUT2D eigenvalue weighted by molar-refractivity contribution is 0.526. The highest BCUT2D eigenvalue weighted by molar-refractivity contribution is 5.59. The Morgan fingerprint density at radius 1 is 1.33 bits per heavy atom. The fourth-order valence-corrected chi connectivity index (χ4v) is 3.00. The van der Waals surface area contributed by atoms with Gasteiger partial charge in [-0.1, -0.05) is 12.1 Å². The van der Waals surface area contributed by atoms with Crippen LogP contribution in [0.3, 0.4) is 0 Å². The van der Waals surface area contributed by atoms with E-state index in [2.05, 4.69) is 30.0 Å². The molecule has 1 aromatic rings. The van der Waals surface area contributed by atoms with Crippen LogP contribution >= 0.6 is 0 Å². The van der Waals surface area contributed by atoms with E-state index in [1.54, 1.807) is 0 Å². The van der Waals surface area contributed by atoms with Crippen LogP contribution in [0.4, 0.5) is 5.69 Å². The lowest BCUT2D eigenvalue weighted by atomic mass is 9.94. The summed E-state index contributed by atoms with van der Waals surface area (Å²) in [6.07, 6.45) is 3.58. The van der Waals surface area contributed by atoms with Crippen LogP contribution in [0.5, 0.6) is 0 Å². The summed E-state index contributed by atoms with van der Waals surface area (Å²) in [6.45, 7) is 3.31. The maximum atomic E-state index is 6.14. The lowest BCUT2D eigenvalue weighted by Crippen LogP contribution is -2.42. The summed E-state index contributed by atoms with van der Waals surface area (Å²) >= 11 is 0. The van der Waals surface area contributed by atoms with E-state index in [-0.39, 0.29) is 0 Å². The molecule has 2 unspecified atom stereocenters. The van der Waals surface area contributed by atoms with Crippen LogP contribution < -0.4 is 10.6 Å². The quantitative estimate of drug-likeness (QED) is 0.695. The molecule has 1 fully saturated rings. The van der Waals surface area contributed by atoms with Crippen LogP contribution in [0.1, 0.15) is 24.0 Å². The number of fused-ring (bicyclic) bond motifs is 3. The van der Waals surface area contributed by atoms with Crippen molar-refractivity contribution in [3.05, 3.63) is 29.3 Å². The highest BCUT2D eigenvalue weighted by atomic mass is 15.2. The molecule has 0 aliphatic carbocycles. The molecule has 2 aliphatic heterocycles. The summed E-state index contributed by atoms with van der Waals surface area (Å²) in [5.41, 5.74) is 10.4. The maximum absolute atomic E-state index is 6.14. The Morgan fingerprint density at radius 3 is 3.07 bits per heavy atom. The first-order chi connectivity index (χ1) is 7.25. The molecule has 15 heavy (non-hydrogen) atoms. The van der Waals surface area contributed by atoms with Crippen LogP contribution in [-0.2, 0) is 6.42 Å². The summed E-state index contributed by atoms with van der Waals surface area (Å²) in [7, 11) is 0. The Labute approximate surface area is 91.1 Å². The van der Waals surface area contributed by atoms with Gasteiger partial charge in [0.2, 0.25) is 0 Å². The van der Waals surface area contributed by atoms with Crippen LogP contribution in [0, 0.1) is 6.92 Å². The van der Waals surface area contributed by atoms with Gasteiger partial charge in [0, 0.05) is 24.3 Å². The molecule has 0 radical (unpaired) electrons. The minimum atomic E-state index is 0.388. The summed E-state index contributed by atoms with van der Waals surface area (Å²) in [4.78, 5) is 2.52. The zero-order valence-electron chi connectivity index (χ0n) is 9.24. The molecule has 2 heteroatoms. The second-order valence-corrected chi connectivity index (χ2v) is 4.88. The summed E-state index contributed by atoms with van der Waals surface area (Å²) in [5.74, 6) is 0. The molecule has 0 aromatic heterocycles.